The number of rotatable bonds is 6. The minimum atomic E-state index is -3.64. The zero-order valence-corrected chi connectivity index (χ0v) is 22.0. The molecule has 1 aromatic carbocycles. The highest BCUT2D eigenvalue weighted by molar-refractivity contribution is 7.94. The van der Waals surface area contributed by atoms with Crippen molar-refractivity contribution in [2.45, 2.75) is 82.6 Å². The molecule has 2 atom stereocenters. The molecular weight excluding hydrogens is 416 g/mol. The molecule has 0 heterocycles. The maximum absolute atomic E-state index is 12.7. The van der Waals surface area contributed by atoms with Crippen LogP contribution in [-0.4, -0.2) is 42.1 Å². The molecule has 0 saturated carbocycles. The van der Waals surface area contributed by atoms with Gasteiger partial charge in [-0.05, 0) is 43.3 Å². The summed E-state index contributed by atoms with van der Waals surface area (Å²) in [6.45, 7) is 18.6. The van der Waals surface area contributed by atoms with Crippen molar-refractivity contribution < 1.29 is 18.0 Å². The number of aliphatic hydroxyl groups is 1. The van der Waals surface area contributed by atoms with Gasteiger partial charge in [-0.2, -0.15) is 0 Å². The van der Waals surface area contributed by atoms with Crippen molar-refractivity contribution in [3.05, 3.63) is 41.3 Å². The van der Waals surface area contributed by atoms with Gasteiger partial charge in [0.05, 0.1) is 4.90 Å². The molecule has 1 aromatic rings. The van der Waals surface area contributed by atoms with Gasteiger partial charge in [0.2, 0.25) is 0 Å². The highest BCUT2D eigenvalue weighted by Crippen LogP contribution is 2.37. The van der Waals surface area contributed by atoms with E-state index in [2.05, 4.69) is 65.0 Å². The topological polar surface area (TPSA) is 63.6 Å². The molecule has 0 amide bonds. The Balaban J connectivity index is 3.27. The molecule has 4 nitrogen and oxygen atoms in total. The van der Waals surface area contributed by atoms with Gasteiger partial charge in [0, 0.05) is 5.41 Å². The van der Waals surface area contributed by atoms with Gasteiger partial charge in [0.25, 0.3) is 0 Å². The first-order chi connectivity index (χ1) is 12.9. The zero-order chi connectivity index (χ0) is 22.7. The van der Waals surface area contributed by atoms with Crippen molar-refractivity contribution >= 4 is 26.2 Å². The second kappa shape index (κ2) is 9.31. The van der Waals surface area contributed by atoms with E-state index in [9.17, 15) is 13.5 Å². The average molecular weight is 453 g/mol. The fourth-order valence-electron chi connectivity index (χ4n) is 2.09. The summed E-state index contributed by atoms with van der Waals surface area (Å²) >= 11 is 0. The molecule has 0 fully saturated rings. The van der Waals surface area contributed by atoms with Gasteiger partial charge in [-0.25, -0.2) is 8.42 Å². The van der Waals surface area contributed by atoms with Crippen molar-refractivity contribution in [1.29, 1.82) is 0 Å². The van der Waals surface area contributed by atoms with Crippen molar-refractivity contribution in [3.63, 3.8) is 0 Å². The second-order valence-corrected chi connectivity index (χ2v) is 21.3. The van der Waals surface area contributed by atoms with E-state index in [4.69, 9.17) is 4.43 Å². The molecule has 7 heteroatoms. The predicted octanol–water partition coefficient (Wildman–Crippen LogP) is 4.91. The minimum absolute atomic E-state index is 0.0825. The van der Waals surface area contributed by atoms with Crippen LogP contribution in [0.5, 0.6) is 0 Å². The zero-order valence-electron chi connectivity index (χ0n) is 19.2. The molecule has 0 aliphatic heterocycles. The van der Waals surface area contributed by atoms with E-state index in [-0.39, 0.29) is 9.93 Å². The lowest BCUT2D eigenvalue weighted by atomic mass is 10.2. The van der Waals surface area contributed by atoms with Gasteiger partial charge in [0.15, 0.2) is 18.2 Å². The molecule has 0 bridgehead atoms. The van der Waals surface area contributed by atoms with Crippen LogP contribution in [0.15, 0.2) is 40.6 Å². The molecule has 162 valence electrons. The average Bonchev–Trinajstić information content (AvgIpc) is 2.55. The maximum Gasteiger partial charge on any atom is 0.199 e. The molecule has 0 aliphatic carbocycles. The van der Waals surface area contributed by atoms with Crippen LogP contribution in [0.4, 0.5) is 0 Å². The van der Waals surface area contributed by atoms with Crippen molar-refractivity contribution in [2.75, 3.05) is 0 Å². The van der Waals surface area contributed by atoms with Gasteiger partial charge in [-0.1, -0.05) is 64.0 Å². The molecule has 0 spiro atoms. The lowest BCUT2D eigenvalue weighted by Gasteiger charge is -2.39. The van der Waals surface area contributed by atoms with Gasteiger partial charge in [0.1, 0.15) is 20.3 Å². The molecule has 0 aromatic heterocycles. The van der Waals surface area contributed by atoms with Crippen LogP contribution in [0.2, 0.25) is 37.8 Å². The standard InChI is InChI=1S/C22H36O4SSi2/c1-18-10-12-19(13-11-18)27(24,25)16-14-21(20(23)15-17-28(5,6)7)26-29(8,9)22(2,3)4/h10-14,16,20-21,23H,1-9H3/b16-14+/t20-,21-/m1/s1. The van der Waals surface area contributed by atoms with E-state index in [1.807, 2.05) is 6.92 Å². The van der Waals surface area contributed by atoms with E-state index < -0.39 is 38.4 Å². The summed E-state index contributed by atoms with van der Waals surface area (Å²) in [5, 5.41) is 11.8. The number of sulfone groups is 1. The van der Waals surface area contributed by atoms with E-state index in [0.717, 1.165) is 11.0 Å². The van der Waals surface area contributed by atoms with Crippen LogP contribution in [-0.2, 0) is 14.3 Å². The van der Waals surface area contributed by atoms with E-state index in [0.29, 0.717) is 0 Å². The first-order valence-corrected chi connectivity index (χ1v) is 17.8. The Kier molecular flexibility index (Phi) is 8.31. The first-order valence-electron chi connectivity index (χ1n) is 9.83. The van der Waals surface area contributed by atoms with Crippen molar-refractivity contribution in [1.82, 2.24) is 0 Å². The monoisotopic (exact) mass is 452 g/mol. The Bertz CT molecular complexity index is 878. The summed E-state index contributed by atoms with van der Waals surface area (Å²) in [5.41, 5.74) is 4.14. The summed E-state index contributed by atoms with van der Waals surface area (Å²) < 4.78 is 31.7. The molecule has 1 rings (SSSR count). The molecule has 1 N–H and O–H groups in total. The number of hydrogen-bond donors (Lipinski definition) is 1. The number of hydrogen-bond acceptors (Lipinski definition) is 4. The SMILES string of the molecule is Cc1ccc(S(=O)(=O)/C=C/[C@@H](O[Si](C)(C)C(C)(C)C)[C@H](O)C#C[Si](C)(C)C)cc1. The van der Waals surface area contributed by atoms with Gasteiger partial charge in [-0.15, -0.1) is 5.54 Å². The summed E-state index contributed by atoms with van der Waals surface area (Å²) in [6, 6.07) is 6.69. The summed E-state index contributed by atoms with van der Waals surface area (Å²) in [7, 11) is -7.57. The van der Waals surface area contributed by atoms with Gasteiger partial charge in [-0.3, -0.25) is 0 Å². The molecule has 0 radical (unpaired) electrons. The Labute approximate surface area is 179 Å². The minimum Gasteiger partial charge on any atom is -0.407 e. The van der Waals surface area contributed by atoms with Gasteiger partial charge < -0.3 is 9.53 Å². The highest BCUT2D eigenvalue weighted by Gasteiger charge is 2.40. The second-order valence-electron chi connectivity index (χ2n) is 9.99. The summed E-state index contributed by atoms with van der Waals surface area (Å²) in [6.07, 6.45) is -0.445. The predicted molar refractivity (Wildman–Crippen MR) is 127 cm³/mol. The van der Waals surface area contributed by atoms with Crippen LogP contribution in [0.3, 0.4) is 0 Å². The Morgan fingerprint density at radius 3 is 2.03 bits per heavy atom. The fourth-order valence-corrected chi connectivity index (χ4v) is 4.94. The van der Waals surface area contributed by atoms with E-state index in [1.54, 1.807) is 24.3 Å². The summed E-state index contributed by atoms with van der Waals surface area (Å²) in [4.78, 5) is 0.216. The lowest BCUT2D eigenvalue weighted by molar-refractivity contribution is 0.0937. The first kappa shape index (κ1) is 25.9. The number of benzene rings is 1. The third-order valence-electron chi connectivity index (χ3n) is 4.94. The van der Waals surface area contributed by atoms with Crippen LogP contribution < -0.4 is 0 Å². The Morgan fingerprint density at radius 2 is 1.59 bits per heavy atom. The molecule has 0 unspecified atom stereocenters. The molecule has 0 saturated heterocycles. The fraction of sp³-hybridized carbons (Fsp3) is 0.545. The summed E-state index contributed by atoms with van der Waals surface area (Å²) in [5.74, 6) is 2.90. The largest absolute Gasteiger partial charge is 0.407 e. The molecule has 0 aliphatic rings. The van der Waals surface area contributed by atoms with Crippen molar-refractivity contribution in [2.24, 2.45) is 0 Å². The molecule has 29 heavy (non-hydrogen) atoms. The van der Waals surface area contributed by atoms with Crippen LogP contribution in [0.1, 0.15) is 26.3 Å². The Hall–Kier alpha value is -1.18. The van der Waals surface area contributed by atoms with Crippen LogP contribution >= 0.6 is 0 Å². The normalized spacial score (nSPS) is 15.7. The van der Waals surface area contributed by atoms with Crippen LogP contribution in [0.25, 0.3) is 0 Å². The van der Waals surface area contributed by atoms with E-state index >= 15 is 0 Å². The van der Waals surface area contributed by atoms with E-state index in [1.165, 1.54) is 6.08 Å². The smallest absolute Gasteiger partial charge is 0.199 e. The third kappa shape index (κ3) is 8.23. The lowest BCUT2D eigenvalue weighted by Crippen LogP contribution is -2.46. The third-order valence-corrected chi connectivity index (χ3v) is 11.8. The molecular formula is C22H36O4SSi2. The van der Waals surface area contributed by atoms with Crippen molar-refractivity contribution in [3.8, 4) is 11.5 Å². The van der Waals surface area contributed by atoms with Crippen LogP contribution in [0, 0.1) is 18.4 Å². The highest BCUT2D eigenvalue weighted by atomic mass is 32.2. The number of aryl methyl sites for hydroxylation is 1. The maximum atomic E-state index is 12.7. The Morgan fingerprint density at radius 1 is 1.07 bits per heavy atom. The number of aliphatic hydroxyl groups excluding tert-OH is 1. The van der Waals surface area contributed by atoms with Gasteiger partial charge >= 0.3 is 0 Å². The quantitative estimate of drug-likeness (QED) is 0.492.